The molecule has 6 nitrogen and oxygen atoms in total. The molecular formula is C12H22N2O4. The van der Waals surface area contributed by atoms with Crippen LogP contribution in [0.15, 0.2) is 0 Å². The predicted octanol–water partition coefficient (Wildman–Crippen LogP) is 0.775. The van der Waals surface area contributed by atoms with Crippen molar-refractivity contribution in [3.05, 3.63) is 0 Å². The summed E-state index contributed by atoms with van der Waals surface area (Å²) in [6.07, 6.45) is 0.863. The standard InChI is InChI=1S/C12H22N2O4/c1-12(2,4-5-18-3)8-13-11(17)14-6-9(7-14)10(15)16/h9H,4-8H2,1-3H3,(H,13,17)(H,15,16). The van der Waals surface area contributed by atoms with E-state index >= 15 is 0 Å². The maximum atomic E-state index is 11.7. The Bertz CT molecular complexity index is 311. The van der Waals surface area contributed by atoms with Gasteiger partial charge in [-0.1, -0.05) is 13.8 Å². The molecule has 1 aliphatic heterocycles. The minimum Gasteiger partial charge on any atom is -0.481 e. The fraction of sp³-hybridized carbons (Fsp3) is 0.833. The molecule has 6 heteroatoms. The molecule has 0 atom stereocenters. The number of carboxylic acid groups (broad SMARTS) is 1. The molecule has 0 spiro atoms. The largest absolute Gasteiger partial charge is 0.481 e. The molecule has 0 aromatic rings. The molecule has 2 N–H and O–H groups in total. The normalized spacial score (nSPS) is 16.3. The lowest BCUT2D eigenvalue weighted by Gasteiger charge is -2.37. The Kier molecular flexibility index (Phi) is 4.95. The lowest BCUT2D eigenvalue weighted by molar-refractivity contribution is -0.146. The number of ether oxygens (including phenoxy) is 1. The minimum absolute atomic E-state index is 0.0251. The van der Waals surface area contributed by atoms with E-state index in [9.17, 15) is 9.59 Å². The molecule has 0 unspecified atom stereocenters. The van der Waals surface area contributed by atoms with Crippen LogP contribution in [0.1, 0.15) is 20.3 Å². The highest BCUT2D eigenvalue weighted by atomic mass is 16.5. The average Bonchev–Trinajstić information content (AvgIpc) is 2.21. The summed E-state index contributed by atoms with van der Waals surface area (Å²) in [4.78, 5) is 23.8. The van der Waals surface area contributed by atoms with Gasteiger partial charge in [-0.2, -0.15) is 0 Å². The topological polar surface area (TPSA) is 78.9 Å². The third kappa shape index (κ3) is 4.18. The van der Waals surface area contributed by atoms with Crippen molar-refractivity contribution in [1.82, 2.24) is 10.2 Å². The lowest BCUT2D eigenvalue weighted by Crippen LogP contribution is -2.57. The van der Waals surface area contributed by atoms with Crippen LogP contribution in [0.2, 0.25) is 0 Å². The quantitative estimate of drug-likeness (QED) is 0.737. The first-order valence-electron chi connectivity index (χ1n) is 6.10. The summed E-state index contributed by atoms with van der Waals surface area (Å²) >= 11 is 0. The summed E-state index contributed by atoms with van der Waals surface area (Å²) in [6, 6.07) is -0.182. The molecule has 0 bridgehead atoms. The number of hydrogen-bond acceptors (Lipinski definition) is 3. The zero-order valence-corrected chi connectivity index (χ0v) is 11.2. The van der Waals surface area contributed by atoms with Crippen molar-refractivity contribution in [2.45, 2.75) is 20.3 Å². The number of likely N-dealkylation sites (tertiary alicyclic amines) is 1. The maximum absolute atomic E-state index is 11.7. The van der Waals surface area contributed by atoms with Gasteiger partial charge in [-0.15, -0.1) is 0 Å². The number of carboxylic acids is 1. The summed E-state index contributed by atoms with van der Waals surface area (Å²) < 4.78 is 5.02. The minimum atomic E-state index is -0.834. The van der Waals surface area contributed by atoms with Crippen LogP contribution in [0.5, 0.6) is 0 Å². The Labute approximate surface area is 107 Å². The Morgan fingerprint density at radius 3 is 2.56 bits per heavy atom. The van der Waals surface area contributed by atoms with Crippen molar-refractivity contribution in [3.63, 3.8) is 0 Å². The van der Waals surface area contributed by atoms with Gasteiger partial charge < -0.3 is 20.1 Å². The molecule has 1 aliphatic rings. The third-order valence-corrected chi connectivity index (χ3v) is 3.22. The Balaban J connectivity index is 2.24. The molecule has 1 saturated heterocycles. The fourth-order valence-electron chi connectivity index (χ4n) is 1.69. The first kappa shape index (κ1) is 14.8. The molecule has 18 heavy (non-hydrogen) atoms. The van der Waals surface area contributed by atoms with Gasteiger partial charge >= 0.3 is 12.0 Å². The SMILES string of the molecule is COCCC(C)(C)CNC(=O)N1CC(C(=O)O)C1. The lowest BCUT2D eigenvalue weighted by atomic mass is 9.90. The monoisotopic (exact) mass is 258 g/mol. The zero-order chi connectivity index (χ0) is 13.8. The molecule has 1 fully saturated rings. The highest BCUT2D eigenvalue weighted by Crippen LogP contribution is 2.20. The molecular weight excluding hydrogens is 236 g/mol. The summed E-state index contributed by atoms with van der Waals surface area (Å²) in [5.74, 6) is -1.24. The molecule has 0 aromatic carbocycles. The smallest absolute Gasteiger partial charge is 0.317 e. The van der Waals surface area contributed by atoms with Crippen molar-refractivity contribution in [3.8, 4) is 0 Å². The van der Waals surface area contributed by atoms with E-state index < -0.39 is 11.9 Å². The van der Waals surface area contributed by atoms with E-state index in [2.05, 4.69) is 19.2 Å². The van der Waals surface area contributed by atoms with E-state index in [-0.39, 0.29) is 11.4 Å². The summed E-state index contributed by atoms with van der Waals surface area (Å²) in [7, 11) is 1.65. The Hall–Kier alpha value is -1.30. The van der Waals surface area contributed by atoms with Gasteiger partial charge in [-0.3, -0.25) is 4.79 Å². The van der Waals surface area contributed by atoms with Gasteiger partial charge in [0.1, 0.15) is 0 Å². The van der Waals surface area contributed by atoms with E-state index in [1.807, 2.05) is 0 Å². The summed E-state index contributed by atoms with van der Waals surface area (Å²) in [5.41, 5.74) is -0.0251. The van der Waals surface area contributed by atoms with Crippen LogP contribution >= 0.6 is 0 Å². The number of nitrogens with one attached hydrogen (secondary N) is 1. The number of aliphatic carboxylic acids is 1. The van der Waals surface area contributed by atoms with Crippen molar-refractivity contribution in [2.75, 3.05) is 33.4 Å². The van der Waals surface area contributed by atoms with Crippen molar-refractivity contribution in [2.24, 2.45) is 11.3 Å². The third-order valence-electron chi connectivity index (χ3n) is 3.22. The van der Waals surface area contributed by atoms with Crippen LogP contribution in [-0.2, 0) is 9.53 Å². The van der Waals surface area contributed by atoms with E-state index in [0.717, 1.165) is 6.42 Å². The number of methoxy groups -OCH3 is 1. The van der Waals surface area contributed by atoms with Crippen LogP contribution in [0, 0.1) is 11.3 Å². The van der Waals surface area contributed by atoms with Crippen molar-refractivity contribution < 1.29 is 19.4 Å². The second-order valence-electron chi connectivity index (χ2n) is 5.51. The first-order valence-corrected chi connectivity index (χ1v) is 6.10. The highest BCUT2D eigenvalue weighted by Gasteiger charge is 2.35. The number of rotatable bonds is 6. The number of nitrogens with zero attached hydrogens (tertiary/aromatic N) is 1. The van der Waals surface area contributed by atoms with Crippen LogP contribution in [-0.4, -0.2) is 55.4 Å². The van der Waals surface area contributed by atoms with Gasteiger partial charge in [0.15, 0.2) is 0 Å². The Morgan fingerprint density at radius 1 is 1.44 bits per heavy atom. The predicted molar refractivity (Wildman–Crippen MR) is 66.4 cm³/mol. The van der Waals surface area contributed by atoms with Crippen LogP contribution in [0.4, 0.5) is 4.79 Å². The molecule has 0 radical (unpaired) electrons. The van der Waals surface area contributed by atoms with E-state index in [1.165, 1.54) is 4.90 Å². The number of carbonyl (C=O) groups is 2. The van der Waals surface area contributed by atoms with Gasteiger partial charge in [0.2, 0.25) is 0 Å². The van der Waals surface area contributed by atoms with Gasteiger partial charge in [-0.05, 0) is 11.8 Å². The van der Waals surface area contributed by atoms with E-state index in [4.69, 9.17) is 9.84 Å². The van der Waals surface area contributed by atoms with E-state index in [1.54, 1.807) is 7.11 Å². The molecule has 1 rings (SSSR count). The van der Waals surface area contributed by atoms with Gasteiger partial charge in [0, 0.05) is 33.4 Å². The molecule has 0 aliphatic carbocycles. The molecule has 0 saturated carbocycles. The van der Waals surface area contributed by atoms with Crippen LogP contribution in [0.25, 0.3) is 0 Å². The summed E-state index contributed by atoms with van der Waals surface area (Å²) in [5, 5.41) is 11.5. The molecule has 104 valence electrons. The van der Waals surface area contributed by atoms with E-state index in [0.29, 0.717) is 26.2 Å². The molecule has 2 amide bonds. The van der Waals surface area contributed by atoms with Gasteiger partial charge in [0.05, 0.1) is 5.92 Å². The number of amides is 2. The number of hydrogen-bond donors (Lipinski definition) is 2. The average molecular weight is 258 g/mol. The highest BCUT2D eigenvalue weighted by molar-refractivity contribution is 5.79. The summed E-state index contributed by atoms with van der Waals surface area (Å²) in [6.45, 7) is 5.95. The first-order chi connectivity index (χ1) is 8.35. The fourth-order valence-corrected chi connectivity index (χ4v) is 1.69. The van der Waals surface area contributed by atoms with Crippen molar-refractivity contribution in [1.29, 1.82) is 0 Å². The molecule has 0 aromatic heterocycles. The second-order valence-corrected chi connectivity index (χ2v) is 5.51. The van der Waals surface area contributed by atoms with Gasteiger partial charge in [0.25, 0.3) is 0 Å². The van der Waals surface area contributed by atoms with Crippen LogP contribution < -0.4 is 5.32 Å². The van der Waals surface area contributed by atoms with Gasteiger partial charge in [-0.25, -0.2) is 4.79 Å². The Morgan fingerprint density at radius 2 is 2.06 bits per heavy atom. The van der Waals surface area contributed by atoms with Crippen LogP contribution in [0.3, 0.4) is 0 Å². The van der Waals surface area contributed by atoms with Crippen molar-refractivity contribution >= 4 is 12.0 Å². The maximum Gasteiger partial charge on any atom is 0.317 e. The zero-order valence-electron chi connectivity index (χ0n) is 11.2. The molecule has 1 heterocycles. The number of carbonyl (C=O) groups excluding carboxylic acids is 1. The second kappa shape index (κ2) is 6.04. The number of urea groups is 1.